The van der Waals surface area contributed by atoms with Crippen molar-refractivity contribution in [3.8, 4) is 11.5 Å². The van der Waals surface area contributed by atoms with Crippen LogP contribution in [0.25, 0.3) is 0 Å². The fourth-order valence-corrected chi connectivity index (χ4v) is 1.75. The van der Waals surface area contributed by atoms with E-state index in [1.807, 2.05) is 0 Å². The number of nitrogens with two attached hydrogens (primary N) is 1. The van der Waals surface area contributed by atoms with E-state index in [0.29, 0.717) is 24.5 Å². The van der Waals surface area contributed by atoms with Crippen molar-refractivity contribution in [2.24, 2.45) is 5.73 Å². The van der Waals surface area contributed by atoms with Crippen LogP contribution in [-0.4, -0.2) is 39.1 Å². The molecule has 0 aliphatic heterocycles. The van der Waals surface area contributed by atoms with E-state index in [1.54, 1.807) is 25.3 Å². The van der Waals surface area contributed by atoms with E-state index in [9.17, 15) is 9.59 Å². The first-order valence-electron chi connectivity index (χ1n) is 6.69. The van der Waals surface area contributed by atoms with Gasteiger partial charge in [0, 0.05) is 12.8 Å². The first-order chi connectivity index (χ1) is 10.1. The number of benzene rings is 1. The van der Waals surface area contributed by atoms with Gasteiger partial charge in [0.05, 0.1) is 14.2 Å². The van der Waals surface area contributed by atoms with E-state index in [0.717, 1.165) is 5.56 Å². The molecular formula is C15H21NO5. The number of carbonyl (C=O) groups is 2. The maximum absolute atomic E-state index is 11.8. The van der Waals surface area contributed by atoms with Gasteiger partial charge < -0.3 is 19.9 Å². The molecule has 21 heavy (non-hydrogen) atoms. The molecule has 0 aliphatic carbocycles. The molecule has 0 amide bonds. The molecule has 0 saturated heterocycles. The number of hydrogen-bond acceptors (Lipinski definition) is 6. The number of carbonyl (C=O) groups excluding carboxylic acids is 2. The number of esters is 1. The third-order valence-electron chi connectivity index (χ3n) is 2.83. The van der Waals surface area contributed by atoms with Gasteiger partial charge in [0.1, 0.15) is 6.61 Å². The Balaban J connectivity index is 2.49. The molecule has 0 aromatic heterocycles. The van der Waals surface area contributed by atoms with Gasteiger partial charge in [0.25, 0.3) is 0 Å². The van der Waals surface area contributed by atoms with E-state index in [4.69, 9.17) is 19.9 Å². The number of ether oxygens (including phenoxy) is 3. The smallest absolute Gasteiger partial charge is 0.306 e. The molecule has 0 atom stereocenters. The van der Waals surface area contributed by atoms with E-state index in [-0.39, 0.29) is 25.2 Å². The van der Waals surface area contributed by atoms with Gasteiger partial charge in [0.2, 0.25) is 0 Å². The predicted molar refractivity (Wildman–Crippen MR) is 77.5 cm³/mol. The van der Waals surface area contributed by atoms with Gasteiger partial charge in [-0.2, -0.15) is 0 Å². The van der Waals surface area contributed by atoms with Gasteiger partial charge in [0.15, 0.2) is 17.3 Å². The summed E-state index contributed by atoms with van der Waals surface area (Å²) in [5, 5.41) is 0. The monoisotopic (exact) mass is 295 g/mol. The molecule has 0 saturated carbocycles. The Morgan fingerprint density at radius 1 is 1.14 bits per heavy atom. The van der Waals surface area contributed by atoms with E-state index in [1.165, 1.54) is 7.11 Å². The summed E-state index contributed by atoms with van der Waals surface area (Å²) < 4.78 is 15.2. The number of ketones is 1. The largest absolute Gasteiger partial charge is 0.493 e. The molecular weight excluding hydrogens is 274 g/mol. The molecule has 0 unspecified atom stereocenters. The van der Waals surface area contributed by atoms with Crippen LogP contribution in [0.2, 0.25) is 0 Å². The molecule has 0 radical (unpaired) electrons. The van der Waals surface area contributed by atoms with Crippen LogP contribution in [0.15, 0.2) is 18.2 Å². The van der Waals surface area contributed by atoms with Crippen molar-refractivity contribution in [2.75, 3.05) is 27.4 Å². The van der Waals surface area contributed by atoms with Crippen molar-refractivity contribution in [1.82, 2.24) is 0 Å². The van der Waals surface area contributed by atoms with Crippen molar-refractivity contribution in [2.45, 2.75) is 19.3 Å². The molecule has 0 aliphatic rings. The van der Waals surface area contributed by atoms with Gasteiger partial charge in [-0.1, -0.05) is 6.07 Å². The van der Waals surface area contributed by atoms with Gasteiger partial charge in [-0.15, -0.1) is 0 Å². The maximum Gasteiger partial charge on any atom is 0.306 e. The fraction of sp³-hybridized carbons (Fsp3) is 0.467. The summed E-state index contributed by atoms with van der Waals surface area (Å²) >= 11 is 0. The lowest BCUT2D eigenvalue weighted by Gasteiger charge is -2.09. The third-order valence-corrected chi connectivity index (χ3v) is 2.83. The molecule has 2 N–H and O–H groups in total. The zero-order valence-corrected chi connectivity index (χ0v) is 12.4. The van der Waals surface area contributed by atoms with Gasteiger partial charge in [-0.05, 0) is 30.7 Å². The molecule has 1 aromatic rings. The second-order valence-corrected chi connectivity index (χ2v) is 4.46. The highest BCUT2D eigenvalue weighted by atomic mass is 16.5. The fourth-order valence-electron chi connectivity index (χ4n) is 1.75. The summed E-state index contributed by atoms with van der Waals surface area (Å²) in [5.41, 5.74) is 6.06. The Hall–Kier alpha value is -2.08. The van der Waals surface area contributed by atoms with Crippen molar-refractivity contribution in [1.29, 1.82) is 0 Å². The van der Waals surface area contributed by atoms with Crippen LogP contribution in [0, 0.1) is 0 Å². The number of hydrogen-bond donors (Lipinski definition) is 1. The Kier molecular flexibility index (Phi) is 7.25. The Morgan fingerprint density at radius 2 is 1.86 bits per heavy atom. The minimum absolute atomic E-state index is 0.171. The lowest BCUT2D eigenvalue weighted by Crippen LogP contribution is -2.16. The summed E-state index contributed by atoms with van der Waals surface area (Å²) in [7, 11) is 3.08. The molecule has 1 aromatic carbocycles. The molecule has 116 valence electrons. The quantitative estimate of drug-likeness (QED) is 0.686. The molecule has 0 bridgehead atoms. The average molecular weight is 295 g/mol. The minimum atomic E-state index is -0.402. The second kappa shape index (κ2) is 8.97. The van der Waals surface area contributed by atoms with Crippen molar-refractivity contribution < 1.29 is 23.8 Å². The number of Topliss-reactive ketones (excluding diaryl/α,β-unsaturated/α-hetero) is 1. The van der Waals surface area contributed by atoms with Gasteiger partial charge in [-0.25, -0.2) is 0 Å². The molecule has 6 nitrogen and oxygen atoms in total. The Labute approximate surface area is 124 Å². The van der Waals surface area contributed by atoms with Crippen molar-refractivity contribution >= 4 is 11.8 Å². The average Bonchev–Trinajstić information content (AvgIpc) is 2.50. The molecule has 0 fully saturated rings. The second-order valence-electron chi connectivity index (χ2n) is 4.46. The van der Waals surface area contributed by atoms with E-state index in [2.05, 4.69) is 0 Å². The van der Waals surface area contributed by atoms with Crippen LogP contribution >= 0.6 is 0 Å². The molecule has 6 heteroatoms. The standard InChI is InChI=1S/C15H21NO5/c1-19-13-6-5-11(9-14(13)20-2)8-12(17)10-21-15(18)4-3-7-16/h5-6,9H,3-4,7-8,10,16H2,1-2H3. The van der Waals surface area contributed by atoms with Crippen LogP contribution in [0.4, 0.5) is 0 Å². The summed E-state index contributed by atoms with van der Waals surface area (Å²) in [4.78, 5) is 23.0. The first kappa shape index (κ1) is 17.0. The molecule has 0 heterocycles. The highest BCUT2D eigenvalue weighted by molar-refractivity contribution is 5.84. The summed E-state index contributed by atoms with van der Waals surface area (Å²) in [6.45, 7) is 0.201. The minimum Gasteiger partial charge on any atom is -0.493 e. The lowest BCUT2D eigenvalue weighted by molar-refractivity contribution is -0.147. The van der Waals surface area contributed by atoms with Crippen molar-refractivity contribution in [3.63, 3.8) is 0 Å². The summed E-state index contributed by atoms with van der Waals surface area (Å²) in [6, 6.07) is 5.23. The number of methoxy groups -OCH3 is 2. The summed E-state index contributed by atoms with van der Waals surface area (Å²) in [5.74, 6) is 0.578. The van der Waals surface area contributed by atoms with E-state index < -0.39 is 5.97 Å². The van der Waals surface area contributed by atoms with Gasteiger partial charge in [-0.3, -0.25) is 9.59 Å². The van der Waals surface area contributed by atoms with Crippen molar-refractivity contribution in [3.05, 3.63) is 23.8 Å². The summed E-state index contributed by atoms with van der Waals surface area (Å²) in [6.07, 6.45) is 0.966. The topological polar surface area (TPSA) is 87.9 Å². The predicted octanol–water partition coefficient (Wildman–Crippen LogP) is 1.10. The normalized spacial score (nSPS) is 10.0. The maximum atomic E-state index is 11.8. The zero-order valence-electron chi connectivity index (χ0n) is 12.4. The van der Waals surface area contributed by atoms with Crippen LogP contribution in [0.5, 0.6) is 11.5 Å². The van der Waals surface area contributed by atoms with E-state index >= 15 is 0 Å². The van der Waals surface area contributed by atoms with Gasteiger partial charge >= 0.3 is 5.97 Å². The zero-order chi connectivity index (χ0) is 15.7. The van der Waals surface area contributed by atoms with Crippen LogP contribution in [-0.2, 0) is 20.7 Å². The highest BCUT2D eigenvalue weighted by Gasteiger charge is 2.10. The van der Waals surface area contributed by atoms with Crippen LogP contribution in [0.1, 0.15) is 18.4 Å². The number of rotatable bonds is 9. The third kappa shape index (κ3) is 5.83. The molecule has 0 spiro atoms. The van der Waals surface area contributed by atoms with Crippen LogP contribution < -0.4 is 15.2 Å². The SMILES string of the molecule is COc1ccc(CC(=O)COC(=O)CCCN)cc1OC. The van der Waals surface area contributed by atoms with Crippen LogP contribution in [0.3, 0.4) is 0 Å². The Bertz CT molecular complexity index is 487. The molecule has 1 rings (SSSR count). The highest BCUT2D eigenvalue weighted by Crippen LogP contribution is 2.27. The lowest BCUT2D eigenvalue weighted by atomic mass is 10.1. The first-order valence-corrected chi connectivity index (χ1v) is 6.69. The Morgan fingerprint density at radius 3 is 2.48 bits per heavy atom.